The summed E-state index contributed by atoms with van der Waals surface area (Å²) in [5, 5.41) is 65.6. The summed E-state index contributed by atoms with van der Waals surface area (Å²) in [4.78, 5) is 180. The first kappa shape index (κ1) is 81.6. The summed E-state index contributed by atoms with van der Waals surface area (Å²) < 4.78 is 0. The average molecular weight is 1340 g/mol. The van der Waals surface area contributed by atoms with Crippen LogP contribution in [-0.4, -0.2) is 182 Å². The van der Waals surface area contributed by atoms with Crippen LogP contribution in [0.5, 0.6) is 5.75 Å². The molecule has 32 heteroatoms. The number of carboxylic acid groups (broad SMARTS) is 2. The molecule has 0 aliphatic carbocycles. The average Bonchev–Trinajstić information content (AvgIpc) is 0.982. The van der Waals surface area contributed by atoms with Crippen molar-refractivity contribution >= 4 is 82.9 Å². The number of hydrogen-bond donors (Lipinski definition) is 18. The number of carboxylic acids is 2. The van der Waals surface area contributed by atoms with Gasteiger partial charge >= 0.3 is 11.9 Å². The van der Waals surface area contributed by atoms with Crippen LogP contribution in [-0.2, 0) is 75.2 Å². The maximum Gasteiger partial charge on any atom is 0.326 e. The van der Waals surface area contributed by atoms with Crippen molar-refractivity contribution < 1.29 is 82.8 Å². The number of nitrogens with one attached hydrogen (secondary N) is 10. The van der Waals surface area contributed by atoms with E-state index in [1.54, 1.807) is 85.7 Å². The molecule has 32 nitrogen and oxygen atoms in total. The van der Waals surface area contributed by atoms with Crippen molar-refractivity contribution in [1.82, 2.24) is 53.2 Å². The van der Waals surface area contributed by atoms with Gasteiger partial charge in [-0.1, -0.05) is 97.9 Å². The van der Waals surface area contributed by atoms with Crippen molar-refractivity contribution in [1.29, 1.82) is 0 Å². The summed E-state index contributed by atoms with van der Waals surface area (Å²) in [5.74, 6) is -15.0. The zero-order valence-electron chi connectivity index (χ0n) is 55.6. The van der Waals surface area contributed by atoms with Crippen LogP contribution in [0.4, 0.5) is 0 Å². The highest BCUT2D eigenvalue weighted by atomic mass is 16.4. The number of aliphatic hydroxyl groups is 1. The van der Waals surface area contributed by atoms with E-state index in [0.29, 0.717) is 11.1 Å². The highest BCUT2D eigenvalue weighted by Gasteiger charge is 2.38. The van der Waals surface area contributed by atoms with Crippen LogP contribution in [0.2, 0.25) is 0 Å². The SMILES string of the molecule is CC(C)C[C@H](NC(=O)[C@H](CCC(N)=O)NC(=O)[C@H](C)NC(=O)[C@H](Cc1ccc(O)cc1)NC(=O)[C@H](Cc1ccccc1)NC(=O)[C@H](CC(=O)O)NC(=O)[C@H](CC(C)C)NC(=O)[C@@H](NC(=O)[C@H](CC(C)C)NC(=O)[C@@H](N)C(C)C)[C@@H](C)O)C(=O)N[C@@H](CCCN=C(N)N)C(=O)O. The van der Waals surface area contributed by atoms with Crippen LogP contribution in [0.25, 0.3) is 0 Å². The number of aliphatic imine (C=N–C) groups is 1. The second-order valence-electron chi connectivity index (χ2n) is 25.1. The molecule has 2 aromatic carbocycles. The van der Waals surface area contributed by atoms with Crippen molar-refractivity contribution in [2.75, 3.05) is 6.54 Å². The molecule has 528 valence electrons. The Bertz CT molecular complexity index is 2960. The minimum absolute atomic E-state index is 0.0119. The van der Waals surface area contributed by atoms with Crippen molar-refractivity contribution in [3.8, 4) is 5.75 Å². The molecule has 2 aromatic rings. The number of amides is 11. The van der Waals surface area contributed by atoms with Gasteiger partial charge in [-0.15, -0.1) is 0 Å². The fourth-order valence-electron chi connectivity index (χ4n) is 9.47. The molecule has 11 amide bonds. The van der Waals surface area contributed by atoms with Crippen LogP contribution in [0.15, 0.2) is 59.6 Å². The minimum atomic E-state index is -1.95. The standard InChI is InChI=1S/C63H99N15O17/c1-31(2)25-42(55(87)71-41(62(94)95)17-14-24-68-63(66)67)72-53(85)40(22-23-48(64)81)70-52(84)35(9)69-54(86)45(29-38-18-20-39(80)21-19-38)73-57(89)46(28-37-15-12-11-13-16-37)74-58(90)47(30-49(82)83)75-56(88)43(26-32(3)4)77-61(93)51(36(10)79)78-59(91)44(27-33(5)6)76-60(92)50(65)34(7)8/h11-13,15-16,18-21,31-36,40-47,50-51,79-80H,14,17,22-30,65H2,1-10H3,(H2,64,81)(H,69,86)(H,70,84)(H,71,87)(H,72,85)(H,73,89)(H,74,90)(H,75,88)(H,76,92)(H,77,93)(H,78,91)(H,82,83)(H,94,95)(H4,66,67,68)/t35-,36+,40-,41-,42-,43-,44-,45-,46-,47-,50-,51-/m0/s1. The Morgan fingerprint density at radius 3 is 1.31 bits per heavy atom. The molecule has 0 bridgehead atoms. The number of carbonyl (C=O) groups excluding carboxylic acids is 11. The largest absolute Gasteiger partial charge is 0.508 e. The van der Waals surface area contributed by atoms with E-state index < -0.39 is 169 Å². The monoisotopic (exact) mass is 1340 g/mol. The molecular formula is C63H99N15O17. The number of guanidine groups is 1. The van der Waals surface area contributed by atoms with Crippen LogP contribution in [0.1, 0.15) is 132 Å². The maximum absolute atomic E-state index is 14.7. The summed E-state index contributed by atoms with van der Waals surface area (Å²) in [6.45, 7) is 16.3. The molecule has 0 heterocycles. The number of carbonyl (C=O) groups is 13. The molecule has 2 rings (SSSR count). The second-order valence-corrected chi connectivity index (χ2v) is 25.1. The second kappa shape index (κ2) is 40.6. The fourth-order valence-corrected chi connectivity index (χ4v) is 9.47. The van der Waals surface area contributed by atoms with E-state index in [0.717, 1.165) is 0 Å². The Morgan fingerprint density at radius 1 is 0.453 bits per heavy atom. The first-order valence-corrected chi connectivity index (χ1v) is 31.5. The third-order valence-electron chi connectivity index (χ3n) is 14.7. The van der Waals surface area contributed by atoms with Crippen molar-refractivity contribution in [2.45, 2.75) is 206 Å². The van der Waals surface area contributed by atoms with E-state index in [4.69, 9.17) is 22.9 Å². The fraction of sp³-hybridized carbons (Fsp3) is 0.587. The number of phenols is 1. The maximum atomic E-state index is 14.7. The van der Waals surface area contributed by atoms with Crippen molar-refractivity contribution in [3.05, 3.63) is 65.7 Å². The predicted molar refractivity (Wildman–Crippen MR) is 348 cm³/mol. The van der Waals surface area contributed by atoms with Crippen LogP contribution in [0.3, 0.4) is 0 Å². The molecular weight excluding hydrogens is 1240 g/mol. The number of aliphatic hydroxyl groups excluding tert-OH is 1. The molecule has 0 radical (unpaired) electrons. The van der Waals surface area contributed by atoms with Crippen molar-refractivity contribution in [3.63, 3.8) is 0 Å². The van der Waals surface area contributed by atoms with E-state index in [1.165, 1.54) is 38.1 Å². The Hall–Kier alpha value is -9.46. The van der Waals surface area contributed by atoms with E-state index >= 15 is 0 Å². The van der Waals surface area contributed by atoms with Gasteiger partial charge in [0.15, 0.2) is 5.96 Å². The van der Waals surface area contributed by atoms with Gasteiger partial charge in [0.1, 0.15) is 66.2 Å². The summed E-state index contributed by atoms with van der Waals surface area (Å²) in [5.41, 5.74) is 22.9. The molecule has 22 N–H and O–H groups in total. The highest BCUT2D eigenvalue weighted by molar-refractivity contribution is 6.00. The summed E-state index contributed by atoms with van der Waals surface area (Å²) in [7, 11) is 0. The molecule has 0 aliphatic heterocycles. The molecule has 0 fully saturated rings. The lowest BCUT2D eigenvalue weighted by molar-refractivity contribution is -0.142. The van der Waals surface area contributed by atoms with Crippen LogP contribution >= 0.6 is 0 Å². The third kappa shape index (κ3) is 30.9. The van der Waals surface area contributed by atoms with Gasteiger partial charge in [0, 0.05) is 25.8 Å². The van der Waals surface area contributed by atoms with E-state index in [2.05, 4.69) is 58.2 Å². The van der Waals surface area contributed by atoms with E-state index in [-0.39, 0.29) is 86.9 Å². The van der Waals surface area contributed by atoms with Gasteiger partial charge in [0.05, 0.1) is 18.6 Å². The van der Waals surface area contributed by atoms with E-state index in [9.17, 15) is 82.8 Å². The Balaban J connectivity index is 2.54. The van der Waals surface area contributed by atoms with Gasteiger partial charge in [-0.25, -0.2) is 4.79 Å². The zero-order valence-corrected chi connectivity index (χ0v) is 55.6. The summed E-state index contributed by atoms with van der Waals surface area (Å²) >= 11 is 0. The molecule has 0 saturated carbocycles. The smallest absolute Gasteiger partial charge is 0.326 e. The topological polar surface area (TPSA) is 540 Å². The van der Waals surface area contributed by atoms with Crippen LogP contribution in [0, 0.1) is 23.7 Å². The van der Waals surface area contributed by atoms with Crippen molar-refractivity contribution in [2.24, 2.45) is 51.6 Å². The number of nitrogens with two attached hydrogens (primary N) is 4. The number of rotatable bonds is 42. The summed E-state index contributed by atoms with van der Waals surface area (Å²) in [6.07, 6.45) is -4.10. The lowest BCUT2D eigenvalue weighted by atomic mass is 9.99. The quantitative estimate of drug-likeness (QED) is 0.0184. The number of hydrogen-bond acceptors (Lipinski definition) is 17. The zero-order chi connectivity index (χ0) is 72.0. The molecule has 0 unspecified atom stereocenters. The molecule has 12 atom stereocenters. The van der Waals surface area contributed by atoms with Gasteiger partial charge in [-0.3, -0.25) is 62.5 Å². The molecule has 0 aromatic heterocycles. The number of benzene rings is 2. The number of nitrogens with zero attached hydrogens (tertiary/aromatic N) is 1. The summed E-state index contributed by atoms with van der Waals surface area (Å²) in [6, 6.07) is -2.97. The number of aromatic hydroxyl groups is 1. The van der Waals surface area contributed by atoms with Gasteiger partial charge in [-0.05, 0) is 99.3 Å². The molecule has 0 aliphatic rings. The van der Waals surface area contributed by atoms with E-state index in [1.807, 2.05) is 0 Å². The van der Waals surface area contributed by atoms with Crippen LogP contribution < -0.4 is 76.1 Å². The number of aliphatic carboxylic acids is 2. The predicted octanol–water partition coefficient (Wildman–Crippen LogP) is -2.57. The Labute approximate surface area is 552 Å². The highest BCUT2D eigenvalue weighted by Crippen LogP contribution is 2.16. The molecule has 0 saturated heterocycles. The Kier molecular flexibility index (Phi) is 34.9. The third-order valence-corrected chi connectivity index (χ3v) is 14.7. The number of phenolic OH excluding ortho intramolecular Hbond substituents is 1. The molecule has 0 spiro atoms. The Morgan fingerprint density at radius 2 is 0.853 bits per heavy atom. The normalized spacial score (nSPS) is 15.0. The minimum Gasteiger partial charge on any atom is -0.508 e. The van der Waals surface area contributed by atoms with Gasteiger partial charge in [0.25, 0.3) is 0 Å². The first-order chi connectivity index (χ1) is 44.4. The molecule has 95 heavy (non-hydrogen) atoms. The van der Waals surface area contributed by atoms with Gasteiger partial charge in [0.2, 0.25) is 65.0 Å². The lowest BCUT2D eigenvalue weighted by Crippen LogP contribution is -2.62. The number of primary amides is 1. The first-order valence-electron chi connectivity index (χ1n) is 31.5. The van der Waals surface area contributed by atoms with Gasteiger partial charge < -0.3 is 96.5 Å². The van der Waals surface area contributed by atoms with Gasteiger partial charge in [-0.2, -0.15) is 0 Å². The lowest BCUT2D eigenvalue weighted by Gasteiger charge is -2.29.